The number of nitrogens with zero attached hydrogens (tertiary/aromatic N) is 3. The first-order chi connectivity index (χ1) is 15.0. The molecule has 1 aliphatic carbocycles. The molecule has 1 N–H and O–H groups in total. The van der Waals surface area contributed by atoms with E-state index in [1.54, 1.807) is 6.20 Å². The van der Waals surface area contributed by atoms with Crippen LogP contribution in [0.5, 0.6) is 0 Å². The number of hydrogen-bond donors (Lipinski definition) is 1. The van der Waals surface area contributed by atoms with Gasteiger partial charge in [-0.15, -0.1) is 0 Å². The van der Waals surface area contributed by atoms with Crippen molar-refractivity contribution in [2.45, 2.75) is 58.2 Å². The molecule has 2 aromatic heterocycles. The van der Waals surface area contributed by atoms with Gasteiger partial charge in [0.2, 0.25) is 0 Å². The topological polar surface area (TPSA) is 66.3 Å². The smallest absolute Gasteiger partial charge is 0.254 e. The van der Waals surface area contributed by atoms with Gasteiger partial charge in [0.1, 0.15) is 0 Å². The largest absolute Gasteiger partial charge is 0.391 e. The Kier molecular flexibility index (Phi) is 5.06. The molecule has 1 amide bonds. The van der Waals surface area contributed by atoms with Crippen molar-refractivity contribution in [1.82, 2.24) is 14.9 Å². The van der Waals surface area contributed by atoms with E-state index in [0.29, 0.717) is 6.54 Å². The molecular formula is C26H27N3O2. The van der Waals surface area contributed by atoms with Crippen LogP contribution < -0.4 is 0 Å². The molecule has 0 spiro atoms. The minimum Gasteiger partial charge on any atom is -0.391 e. The van der Waals surface area contributed by atoms with E-state index in [0.717, 1.165) is 64.9 Å². The van der Waals surface area contributed by atoms with Gasteiger partial charge in [-0.25, -0.2) is 0 Å². The molecule has 3 aromatic rings. The first kappa shape index (κ1) is 19.9. The van der Waals surface area contributed by atoms with E-state index < -0.39 is 6.10 Å². The van der Waals surface area contributed by atoms with E-state index in [1.807, 2.05) is 36.2 Å². The molecule has 0 bridgehead atoms. The van der Waals surface area contributed by atoms with Gasteiger partial charge in [-0.2, -0.15) is 0 Å². The third-order valence-corrected chi connectivity index (χ3v) is 6.65. The molecule has 1 aliphatic heterocycles. The van der Waals surface area contributed by atoms with Crippen LogP contribution >= 0.6 is 0 Å². The number of aliphatic hydroxyl groups is 1. The molecule has 0 saturated heterocycles. The highest BCUT2D eigenvalue weighted by Gasteiger charge is 2.38. The number of fused-ring (bicyclic) bond motifs is 1. The quantitative estimate of drug-likeness (QED) is 0.695. The Bertz CT molecular complexity index is 1140. The van der Waals surface area contributed by atoms with Gasteiger partial charge in [0.05, 0.1) is 17.8 Å². The highest BCUT2D eigenvalue weighted by molar-refractivity contribution is 5.99. The molecule has 2 aliphatic rings. The Balaban J connectivity index is 1.37. The summed E-state index contributed by atoms with van der Waals surface area (Å²) in [4.78, 5) is 23.8. The average Bonchev–Trinajstić information content (AvgIpc) is 3.32. The molecule has 2 atom stereocenters. The maximum Gasteiger partial charge on any atom is 0.254 e. The van der Waals surface area contributed by atoms with Crippen LogP contribution in [-0.2, 0) is 13.0 Å². The van der Waals surface area contributed by atoms with Gasteiger partial charge >= 0.3 is 0 Å². The zero-order valence-electron chi connectivity index (χ0n) is 18.0. The van der Waals surface area contributed by atoms with Gasteiger partial charge in [-0.05, 0) is 86.1 Å². The molecule has 5 heteroatoms. The Morgan fingerprint density at radius 1 is 1.10 bits per heavy atom. The van der Waals surface area contributed by atoms with Crippen molar-refractivity contribution in [3.05, 3.63) is 82.3 Å². The van der Waals surface area contributed by atoms with E-state index in [2.05, 4.69) is 35.1 Å². The molecule has 31 heavy (non-hydrogen) atoms. The SMILES string of the molecule is Cc1cc(-c2ccc(Cc3cc4c(cc3C)CN([C@@H]3CCC[C@H]3O)C4=O)cn2)ccn1. The zero-order valence-corrected chi connectivity index (χ0v) is 18.0. The van der Waals surface area contributed by atoms with Crippen molar-refractivity contribution in [2.24, 2.45) is 0 Å². The van der Waals surface area contributed by atoms with Crippen molar-refractivity contribution in [3.63, 3.8) is 0 Å². The van der Waals surface area contributed by atoms with Crippen LogP contribution in [0.25, 0.3) is 11.3 Å². The fourth-order valence-corrected chi connectivity index (χ4v) is 4.92. The Morgan fingerprint density at radius 3 is 2.68 bits per heavy atom. The lowest BCUT2D eigenvalue weighted by Gasteiger charge is -2.26. The van der Waals surface area contributed by atoms with Crippen molar-refractivity contribution in [1.29, 1.82) is 0 Å². The summed E-state index contributed by atoms with van der Waals surface area (Å²) in [5.41, 5.74) is 8.29. The maximum atomic E-state index is 13.1. The third-order valence-electron chi connectivity index (χ3n) is 6.65. The van der Waals surface area contributed by atoms with Gasteiger partial charge in [0.15, 0.2) is 0 Å². The lowest BCUT2D eigenvalue weighted by atomic mass is 9.96. The Labute approximate surface area is 182 Å². The summed E-state index contributed by atoms with van der Waals surface area (Å²) in [6, 6.07) is 12.3. The Hall–Kier alpha value is -3.05. The molecule has 1 aromatic carbocycles. The van der Waals surface area contributed by atoms with Gasteiger partial charge < -0.3 is 10.0 Å². The summed E-state index contributed by atoms with van der Waals surface area (Å²) >= 11 is 0. The van der Waals surface area contributed by atoms with Crippen LogP contribution in [-0.4, -0.2) is 38.0 Å². The number of aryl methyl sites for hydroxylation is 2. The van der Waals surface area contributed by atoms with Crippen LogP contribution in [0.3, 0.4) is 0 Å². The number of aromatic nitrogens is 2. The van der Waals surface area contributed by atoms with Gasteiger partial charge in [0, 0.05) is 35.8 Å². The Morgan fingerprint density at radius 2 is 1.97 bits per heavy atom. The minimum atomic E-state index is -0.396. The van der Waals surface area contributed by atoms with Crippen LogP contribution in [0.2, 0.25) is 0 Å². The molecule has 0 unspecified atom stereocenters. The van der Waals surface area contributed by atoms with E-state index in [-0.39, 0.29) is 11.9 Å². The fraction of sp³-hybridized carbons (Fsp3) is 0.346. The van der Waals surface area contributed by atoms with E-state index >= 15 is 0 Å². The zero-order chi connectivity index (χ0) is 21.5. The van der Waals surface area contributed by atoms with Crippen LogP contribution in [0, 0.1) is 13.8 Å². The number of hydrogen-bond acceptors (Lipinski definition) is 4. The summed E-state index contributed by atoms with van der Waals surface area (Å²) in [5, 5.41) is 10.3. The van der Waals surface area contributed by atoms with Gasteiger partial charge in [-0.3, -0.25) is 14.8 Å². The molecule has 1 saturated carbocycles. The van der Waals surface area contributed by atoms with E-state index in [4.69, 9.17) is 0 Å². The van der Waals surface area contributed by atoms with Crippen LogP contribution in [0.15, 0.2) is 48.8 Å². The molecule has 3 heterocycles. The van der Waals surface area contributed by atoms with E-state index in [1.165, 1.54) is 5.56 Å². The first-order valence-corrected chi connectivity index (χ1v) is 11.0. The standard InChI is InChI=1S/C26H27N3O2/c1-16-10-21-15-29(24-4-3-5-25(24)30)26(31)22(21)13-20(16)12-18-6-7-23(28-14-18)19-8-9-27-17(2)11-19/h6-11,13-14,24-25,30H,3-5,12,15H2,1-2H3/t24-,25-/m1/s1. The second kappa shape index (κ2) is 7.89. The predicted octanol–water partition coefficient (Wildman–Crippen LogP) is 4.22. The summed E-state index contributed by atoms with van der Waals surface area (Å²) in [6.07, 6.45) is 6.73. The number of carbonyl (C=O) groups excluding carboxylic acids is 1. The number of aliphatic hydroxyl groups excluding tert-OH is 1. The third kappa shape index (κ3) is 3.74. The minimum absolute atomic E-state index is 0.0442. The van der Waals surface area contributed by atoms with Crippen LogP contribution in [0.4, 0.5) is 0 Å². The number of benzene rings is 1. The normalized spacial score (nSPS) is 20.4. The molecule has 0 radical (unpaired) electrons. The summed E-state index contributed by atoms with van der Waals surface area (Å²) < 4.78 is 0. The second-order valence-electron chi connectivity index (χ2n) is 8.85. The molecule has 1 fully saturated rings. The molecule has 5 nitrogen and oxygen atoms in total. The lowest BCUT2D eigenvalue weighted by molar-refractivity contribution is 0.0479. The maximum absolute atomic E-state index is 13.1. The summed E-state index contributed by atoms with van der Waals surface area (Å²) in [6.45, 7) is 4.69. The van der Waals surface area contributed by atoms with Crippen molar-refractivity contribution < 1.29 is 9.90 Å². The van der Waals surface area contributed by atoms with Crippen molar-refractivity contribution in [3.8, 4) is 11.3 Å². The molecular weight excluding hydrogens is 386 g/mol. The lowest BCUT2D eigenvalue weighted by Crippen LogP contribution is -2.40. The predicted molar refractivity (Wildman–Crippen MR) is 120 cm³/mol. The summed E-state index contributed by atoms with van der Waals surface area (Å²) in [5.74, 6) is 0.0590. The first-order valence-electron chi connectivity index (χ1n) is 11.0. The molecule has 5 rings (SSSR count). The van der Waals surface area contributed by atoms with Crippen molar-refractivity contribution in [2.75, 3.05) is 0 Å². The van der Waals surface area contributed by atoms with Gasteiger partial charge in [-0.1, -0.05) is 12.1 Å². The fourth-order valence-electron chi connectivity index (χ4n) is 4.92. The number of rotatable bonds is 4. The average molecular weight is 414 g/mol. The monoisotopic (exact) mass is 413 g/mol. The highest BCUT2D eigenvalue weighted by atomic mass is 16.3. The summed E-state index contributed by atoms with van der Waals surface area (Å²) in [7, 11) is 0. The van der Waals surface area contributed by atoms with Crippen molar-refractivity contribution >= 4 is 5.91 Å². The number of carbonyl (C=O) groups is 1. The number of amides is 1. The molecule has 158 valence electrons. The van der Waals surface area contributed by atoms with Crippen LogP contribution in [0.1, 0.15) is 57.6 Å². The van der Waals surface area contributed by atoms with Gasteiger partial charge in [0.25, 0.3) is 5.91 Å². The second-order valence-corrected chi connectivity index (χ2v) is 8.85. The number of pyridine rings is 2. The van der Waals surface area contributed by atoms with E-state index in [9.17, 15) is 9.90 Å². The highest BCUT2D eigenvalue weighted by Crippen LogP contribution is 2.33.